The third-order valence-electron chi connectivity index (χ3n) is 4.58. The lowest BCUT2D eigenvalue weighted by Crippen LogP contribution is -2.29. The van der Waals surface area contributed by atoms with Crippen LogP contribution < -0.4 is 4.90 Å². The summed E-state index contributed by atoms with van der Waals surface area (Å²) >= 11 is 0. The molecule has 1 aromatic heterocycles. The molecule has 0 radical (unpaired) electrons. The molecular formula is C20H26N4O. The topological polar surface area (TPSA) is 49.3 Å². The van der Waals surface area contributed by atoms with E-state index in [1.165, 1.54) is 25.7 Å². The van der Waals surface area contributed by atoms with Gasteiger partial charge in [-0.3, -0.25) is 4.79 Å². The summed E-state index contributed by atoms with van der Waals surface area (Å²) in [5, 5.41) is 0. The van der Waals surface area contributed by atoms with E-state index in [0.29, 0.717) is 18.1 Å². The average molecular weight is 338 g/mol. The van der Waals surface area contributed by atoms with Gasteiger partial charge in [0.1, 0.15) is 17.3 Å². The molecule has 0 bridgehead atoms. The predicted molar refractivity (Wildman–Crippen MR) is 99.7 cm³/mol. The van der Waals surface area contributed by atoms with Crippen LogP contribution in [0.5, 0.6) is 0 Å². The molecule has 1 saturated heterocycles. The van der Waals surface area contributed by atoms with Crippen LogP contribution in [0.3, 0.4) is 0 Å². The second-order valence-electron chi connectivity index (χ2n) is 6.71. The van der Waals surface area contributed by atoms with Crippen LogP contribution >= 0.6 is 0 Å². The molecule has 5 heteroatoms. The van der Waals surface area contributed by atoms with E-state index in [0.717, 1.165) is 24.5 Å². The Bertz CT molecular complexity index is 709. The van der Waals surface area contributed by atoms with Crippen LogP contribution in [0.25, 0.3) is 0 Å². The number of nitrogens with zero attached hydrogens (tertiary/aromatic N) is 4. The number of carbonyl (C=O) groups excluding carboxylic acids is 1. The highest BCUT2D eigenvalue weighted by molar-refractivity contribution is 5.92. The van der Waals surface area contributed by atoms with Crippen molar-refractivity contribution >= 4 is 11.7 Å². The fourth-order valence-electron chi connectivity index (χ4n) is 3.25. The number of aryl methyl sites for hydroxylation is 1. The first-order valence-electron chi connectivity index (χ1n) is 9.03. The zero-order valence-corrected chi connectivity index (χ0v) is 15.1. The summed E-state index contributed by atoms with van der Waals surface area (Å²) in [6, 6.07) is 11.9. The van der Waals surface area contributed by atoms with Crippen molar-refractivity contribution in [2.45, 2.75) is 39.2 Å². The highest BCUT2D eigenvalue weighted by Gasteiger charge is 2.18. The number of rotatable bonds is 4. The first kappa shape index (κ1) is 17.4. The van der Waals surface area contributed by atoms with Crippen molar-refractivity contribution in [1.29, 1.82) is 0 Å². The Morgan fingerprint density at radius 1 is 1.08 bits per heavy atom. The van der Waals surface area contributed by atoms with E-state index in [1.54, 1.807) is 4.90 Å². The van der Waals surface area contributed by atoms with E-state index in [2.05, 4.69) is 14.9 Å². The summed E-state index contributed by atoms with van der Waals surface area (Å²) in [6.45, 7) is 4.44. The number of carbonyl (C=O) groups is 1. The molecule has 1 amide bonds. The van der Waals surface area contributed by atoms with Gasteiger partial charge in [-0.15, -0.1) is 0 Å². The zero-order valence-electron chi connectivity index (χ0n) is 15.1. The number of hydrogen-bond acceptors (Lipinski definition) is 4. The Morgan fingerprint density at radius 2 is 1.76 bits per heavy atom. The quantitative estimate of drug-likeness (QED) is 0.857. The van der Waals surface area contributed by atoms with Crippen LogP contribution in [0, 0.1) is 6.92 Å². The number of hydrogen-bond donors (Lipinski definition) is 0. The van der Waals surface area contributed by atoms with Crippen LogP contribution in [0.15, 0.2) is 36.4 Å². The molecule has 1 aromatic carbocycles. The van der Waals surface area contributed by atoms with E-state index in [9.17, 15) is 4.79 Å². The minimum atomic E-state index is -0.0644. The Morgan fingerprint density at radius 3 is 2.44 bits per heavy atom. The Balaban J connectivity index is 1.77. The standard InChI is InChI=1S/C20H26N4O/c1-16-21-18(14-19(22-16)24-12-8-3-4-9-13-24)20(25)23(2)15-17-10-6-5-7-11-17/h5-7,10-11,14H,3-4,8-9,12-13,15H2,1-2H3. The van der Waals surface area contributed by atoms with Crippen molar-refractivity contribution in [3.05, 3.63) is 53.5 Å². The largest absolute Gasteiger partial charge is 0.356 e. The molecule has 1 aliphatic heterocycles. The van der Waals surface area contributed by atoms with E-state index in [-0.39, 0.29) is 5.91 Å². The summed E-state index contributed by atoms with van der Waals surface area (Å²) in [5.41, 5.74) is 1.59. The Labute approximate surface area is 149 Å². The van der Waals surface area contributed by atoms with Crippen LogP contribution in [0.2, 0.25) is 0 Å². The summed E-state index contributed by atoms with van der Waals surface area (Å²) in [6.07, 6.45) is 4.90. The monoisotopic (exact) mass is 338 g/mol. The maximum absolute atomic E-state index is 12.8. The molecule has 25 heavy (non-hydrogen) atoms. The van der Waals surface area contributed by atoms with Gasteiger partial charge >= 0.3 is 0 Å². The van der Waals surface area contributed by atoms with Crippen molar-refractivity contribution < 1.29 is 4.79 Å². The molecule has 0 spiro atoms. The smallest absolute Gasteiger partial charge is 0.272 e. The average Bonchev–Trinajstić information content (AvgIpc) is 2.91. The summed E-state index contributed by atoms with van der Waals surface area (Å²) in [7, 11) is 1.82. The van der Waals surface area contributed by atoms with Crippen LogP contribution in [0.1, 0.15) is 47.6 Å². The van der Waals surface area contributed by atoms with Crippen molar-refractivity contribution in [2.24, 2.45) is 0 Å². The first-order valence-corrected chi connectivity index (χ1v) is 9.03. The summed E-state index contributed by atoms with van der Waals surface area (Å²) in [4.78, 5) is 25.8. The lowest BCUT2D eigenvalue weighted by Gasteiger charge is -2.23. The van der Waals surface area contributed by atoms with E-state index < -0.39 is 0 Å². The molecule has 1 aliphatic rings. The van der Waals surface area contributed by atoms with Gasteiger partial charge in [0.2, 0.25) is 0 Å². The van der Waals surface area contributed by atoms with Gasteiger partial charge in [-0.2, -0.15) is 0 Å². The summed E-state index contributed by atoms with van der Waals surface area (Å²) < 4.78 is 0. The summed E-state index contributed by atoms with van der Waals surface area (Å²) in [5.74, 6) is 1.47. The lowest BCUT2D eigenvalue weighted by atomic mass is 10.2. The Kier molecular flexibility index (Phi) is 5.64. The van der Waals surface area contributed by atoms with Gasteiger partial charge in [0.15, 0.2) is 0 Å². The molecule has 1 fully saturated rings. The normalized spacial score (nSPS) is 14.9. The highest BCUT2D eigenvalue weighted by Crippen LogP contribution is 2.19. The van der Waals surface area contributed by atoms with E-state index in [4.69, 9.17) is 0 Å². The molecular weight excluding hydrogens is 312 g/mol. The fourth-order valence-corrected chi connectivity index (χ4v) is 3.25. The van der Waals surface area contributed by atoms with Gasteiger partial charge in [-0.1, -0.05) is 43.2 Å². The number of aromatic nitrogens is 2. The van der Waals surface area contributed by atoms with E-state index >= 15 is 0 Å². The highest BCUT2D eigenvalue weighted by atomic mass is 16.2. The minimum absolute atomic E-state index is 0.0644. The molecule has 2 heterocycles. The molecule has 0 saturated carbocycles. The third-order valence-corrected chi connectivity index (χ3v) is 4.58. The van der Waals surface area contributed by atoms with Crippen LogP contribution in [0.4, 0.5) is 5.82 Å². The van der Waals surface area contributed by atoms with Crippen molar-refractivity contribution in [3.63, 3.8) is 0 Å². The van der Waals surface area contributed by atoms with Crippen LogP contribution in [-0.2, 0) is 6.54 Å². The van der Waals surface area contributed by atoms with Crippen molar-refractivity contribution in [2.75, 3.05) is 25.0 Å². The SMILES string of the molecule is Cc1nc(C(=O)N(C)Cc2ccccc2)cc(N2CCCCCC2)n1. The molecule has 2 aromatic rings. The maximum atomic E-state index is 12.8. The van der Waals surface area contributed by atoms with Gasteiger partial charge in [0, 0.05) is 32.7 Å². The lowest BCUT2D eigenvalue weighted by molar-refractivity contribution is 0.0779. The van der Waals surface area contributed by atoms with Gasteiger partial charge in [-0.25, -0.2) is 9.97 Å². The molecule has 5 nitrogen and oxygen atoms in total. The van der Waals surface area contributed by atoms with Crippen LogP contribution in [-0.4, -0.2) is 40.9 Å². The predicted octanol–water partition coefficient (Wildman–Crippen LogP) is 3.44. The number of amides is 1. The van der Waals surface area contributed by atoms with Gasteiger partial charge < -0.3 is 9.80 Å². The zero-order chi connectivity index (χ0) is 17.6. The second kappa shape index (κ2) is 8.10. The molecule has 0 atom stereocenters. The number of anilines is 1. The maximum Gasteiger partial charge on any atom is 0.272 e. The molecule has 0 N–H and O–H groups in total. The molecule has 0 unspecified atom stereocenters. The van der Waals surface area contributed by atoms with Gasteiger partial charge in [-0.05, 0) is 25.3 Å². The first-order chi connectivity index (χ1) is 12.1. The number of benzene rings is 1. The third kappa shape index (κ3) is 4.56. The fraction of sp³-hybridized carbons (Fsp3) is 0.450. The second-order valence-corrected chi connectivity index (χ2v) is 6.71. The molecule has 132 valence electrons. The minimum Gasteiger partial charge on any atom is -0.356 e. The Hall–Kier alpha value is -2.43. The van der Waals surface area contributed by atoms with Gasteiger partial charge in [0.25, 0.3) is 5.91 Å². The van der Waals surface area contributed by atoms with Crippen molar-refractivity contribution in [1.82, 2.24) is 14.9 Å². The molecule has 0 aliphatic carbocycles. The van der Waals surface area contributed by atoms with Crippen molar-refractivity contribution in [3.8, 4) is 0 Å². The molecule has 3 rings (SSSR count). The van der Waals surface area contributed by atoms with Gasteiger partial charge in [0.05, 0.1) is 0 Å². The van der Waals surface area contributed by atoms with E-state index in [1.807, 2.05) is 50.4 Å².